The van der Waals surface area contributed by atoms with Crippen molar-refractivity contribution >= 4 is 40.8 Å². The van der Waals surface area contributed by atoms with Gasteiger partial charge in [-0.1, -0.05) is 43.8 Å². The van der Waals surface area contributed by atoms with Crippen molar-refractivity contribution in [1.82, 2.24) is 35.1 Å². The molecular formula is C47H62F6N14O7. The van der Waals surface area contributed by atoms with Crippen molar-refractivity contribution in [2.45, 2.75) is 116 Å². The van der Waals surface area contributed by atoms with E-state index in [1.54, 1.807) is 12.1 Å². The number of rotatable bonds is 19. The number of halogens is 6. The fourth-order valence-corrected chi connectivity index (χ4v) is 9.49. The molecule has 7 N–H and O–H groups in total. The number of carbonyl (C=O) groups is 1. The van der Waals surface area contributed by atoms with E-state index in [0.717, 1.165) is 89.9 Å². The molecule has 4 heterocycles. The van der Waals surface area contributed by atoms with E-state index in [1.807, 2.05) is 0 Å². The molecule has 4 fully saturated rings. The topological polar surface area (TPSA) is 266 Å². The quantitative estimate of drug-likeness (QED) is 0.0297. The van der Waals surface area contributed by atoms with Crippen LogP contribution in [0.5, 0.6) is 11.5 Å². The monoisotopic (exact) mass is 1050 g/mol. The molecule has 1 amide bonds. The number of carbonyl (C=O) groups excluding carboxylic acids is 1. The van der Waals surface area contributed by atoms with E-state index < -0.39 is 22.6 Å². The SMILES string of the molecule is C.CC(=O)NC1CN(C2CCC(CNc3nc(NCc4ccccc4OC(F)(F)F)ncc3[N+](=O)[O-])CC2)C1.NC1CN(C2CCC(CNc3nc(NCc4ccccc4OC(F)(F)F)ncc3[N+](=O)[O-])CC2)C1. The first kappa shape index (κ1) is 56.4. The molecule has 2 aromatic heterocycles. The summed E-state index contributed by atoms with van der Waals surface area (Å²) >= 11 is 0. The van der Waals surface area contributed by atoms with Crippen molar-refractivity contribution in [3.63, 3.8) is 0 Å². The second-order valence-corrected chi connectivity index (χ2v) is 18.6. The number of anilines is 4. The number of hydrogen-bond donors (Lipinski definition) is 6. The highest BCUT2D eigenvalue weighted by Crippen LogP contribution is 2.34. The number of ether oxygens (including phenoxy) is 2. The van der Waals surface area contributed by atoms with Gasteiger partial charge in [0, 0.05) is 88.5 Å². The standard InChI is InChI=1S/C24H30F3N7O4.C22H28F3N7O3.CH4/c1-15(35)31-18-13-33(14-18)19-8-6-16(7-9-19)10-28-22-20(34(36)37)12-30-23(32-22)29-11-17-4-2-3-5-21(17)38-24(25,26)27;23-22(24,25)35-19-4-2-1-3-15(19)10-28-21-29-11-18(32(33)34)20(30-21)27-9-14-5-7-17(8-6-14)31-12-16(26)13-31;/h2-5,12,16,18-19H,6-11,13-14H2,1H3,(H,31,35)(H2,28,29,30,32);1-4,11,14,16-17H,5-10,12-13,26H2,(H2,27,28,29,30);1H4. The Morgan fingerprint density at radius 2 is 1.05 bits per heavy atom. The third-order valence-electron chi connectivity index (χ3n) is 13.2. The molecule has 8 rings (SSSR count). The van der Waals surface area contributed by atoms with Crippen LogP contribution in [0.4, 0.5) is 61.2 Å². The summed E-state index contributed by atoms with van der Waals surface area (Å²) in [6.45, 7) is 6.04. The number of nitrogens with one attached hydrogen (secondary N) is 5. The predicted octanol–water partition coefficient (Wildman–Crippen LogP) is 7.83. The maximum absolute atomic E-state index is 12.7. The molecule has 2 saturated heterocycles. The molecule has 2 aromatic carbocycles. The van der Waals surface area contributed by atoms with Crippen LogP contribution in [0, 0.1) is 32.1 Å². The van der Waals surface area contributed by atoms with Gasteiger partial charge in [0.25, 0.3) is 0 Å². The Labute approximate surface area is 423 Å². The normalized spacial score (nSPS) is 20.5. The molecule has 404 valence electrons. The molecule has 0 spiro atoms. The highest BCUT2D eigenvalue weighted by atomic mass is 19.4. The molecule has 2 aliphatic heterocycles. The third kappa shape index (κ3) is 16.6. The number of alkyl halides is 6. The Morgan fingerprint density at radius 1 is 0.662 bits per heavy atom. The average Bonchev–Trinajstić information content (AvgIpc) is 3.31. The van der Waals surface area contributed by atoms with E-state index in [0.29, 0.717) is 37.0 Å². The number of nitrogens with zero attached hydrogens (tertiary/aromatic N) is 8. The number of amides is 1. The Bertz CT molecular complexity index is 2500. The molecule has 2 saturated carbocycles. The van der Waals surface area contributed by atoms with Gasteiger partial charge in [0.05, 0.1) is 15.9 Å². The smallest absolute Gasteiger partial charge is 0.405 e. The number of likely N-dealkylation sites (tertiary alicyclic amines) is 2. The second-order valence-electron chi connectivity index (χ2n) is 18.6. The van der Waals surface area contributed by atoms with Gasteiger partial charge >= 0.3 is 24.1 Å². The van der Waals surface area contributed by atoms with Crippen LogP contribution in [0.3, 0.4) is 0 Å². The van der Waals surface area contributed by atoms with E-state index in [9.17, 15) is 51.4 Å². The summed E-state index contributed by atoms with van der Waals surface area (Å²) in [5, 5.41) is 37.7. The zero-order valence-electron chi connectivity index (χ0n) is 39.8. The summed E-state index contributed by atoms with van der Waals surface area (Å²) < 4.78 is 84.1. The van der Waals surface area contributed by atoms with Gasteiger partial charge in [-0.15, -0.1) is 26.3 Å². The van der Waals surface area contributed by atoms with Crippen LogP contribution in [0.25, 0.3) is 0 Å². The van der Waals surface area contributed by atoms with E-state index in [1.165, 1.54) is 43.3 Å². The highest BCUT2D eigenvalue weighted by molar-refractivity contribution is 5.73. The number of nitrogens with two attached hydrogens (primary N) is 1. The summed E-state index contributed by atoms with van der Waals surface area (Å²) in [7, 11) is 0. The van der Waals surface area contributed by atoms with Gasteiger partial charge in [-0.3, -0.25) is 34.8 Å². The van der Waals surface area contributed by atoms with E-state index in [-0.39, 0.29) is 96.0 Å². The largest absolute Gasteiger partial charge is 0.573 e. The summed E-state index contributed by atoms with van der Waals surface area (Å²) in [5.74, 6) is 0.179. The molecule has 21 nitrogen and oxygen atoms in total. The predicted molar refractivity (Wildman–Crippen MR) is 262 cm³/mol. The Morgan fingerprint density at radius 3 is 1.42 bits per heavy atom. The maximum Gasteiger partial charge on any atom is 0.573 e. The van der Waals surface area contributed by atoms with E-state index >= 15 is 0 Å². The van der Waals surface area contributed by atoms with Crippen LogP contribution in [-0.4, -0.2) is 122 Å². The van der Waals surface area contributed by atoms with Crippen molar-refractivity contribution in [1.29, 1.82) is 0 Å². The summed E-state index contributed by atoms with van der Waals surface area (Å²) in [6.07, 6.45) is 0.577. The lowest BCUT2D eigenvalue weighted by Crippen LogP contribution is -2.62. The molecule has 27 heteroatoms. The summed E-state index contributed by atoms with van der Waals surface area (Å²) in [5.41, 5.74) is 5.79. The zero-order valence-corrected chi connectivity index (χ0v) is 39.8. The molecular weight excluding hydrogens is 987 g/mol. The third-order valence-corrected chi connectivity index (χ3v) is 13.2. The van der Waals surface area contributed by atoms with Crippen LogP contribution >= 0.6 is 0 Å². The number of hydrogen-bond acceptors (Lipinski definition) is 18. The van der Waals surface area contributed by atoms with Crippen molar-refractivity contribution < 1.29 is 50.5 Å². The summed E-state index contributed by atoms with van der Waals surface area (Å²) in [6, 6.07) is 12.9. The Kier molecular flexibility index (Phi) is 19.4. The number of nitro groups is 2. The Hall–Kier alpha value is -6.87. The average molecular weight is 1050 g/mol. The van der Waals surface area contributed by atoms with Crippen LogP contribution in [-0.2, 0) is 17.9 Å². The van der Waals surface area contributed by atoms with Crippen LogP contribution in [0.2, 0.25) is 0 Å². The summed E-state index contributed by atoms with van der Waals surface area (Å²) in [4.78, 5) is 54.1. The van der Waals surface area contributed by atoms with Gasteiger partial charge in [-0.2, -0.15) is 9.97 Å². The molecule has 0 radical (unpaired) electrons. The van der Waals surface area contributed by atoms with Crippen molar-refractivity contribution in [2.24, 2.45) is 17.6 Å². The molecule has 0 atom stereocenters. The van der Waals surface area contributed by atoms with Crippen molar-refractivity contribution in [3.05, 3.63) is 92.3 Å². The lowest BCUT2D eigenvalue weighted by Gasteiger charge is -2.46. The number of aromatic nitrogens is 4. The van der Waals surface area contributed by atoms with Gasteiger partial charge in [-0.05, 0) is 75.3 Å². The van der Waals surface area contributed by atoms with Crippen LogP contribution in [0.1, 0.15) is 76.8 Å². The van der Waals surface area contributed by atoms with Gasteiger partial charge in [0.2, 0.25) is 29.4 Å². The zero-order chi connectivity index (χ0) is 52.3. The van der Waals surface area contributed by atoms with Gasteiger partial charge in [-0.25, -0.2) is 9.97 Å². The Balaban J connectivity index is 0.000000238. The lowest BCUT2D eigenvalue weighted by atomic mass is 9.84. The molecule has 0 bridgehead atoms. The van der Waals surface area contributed by atoms with Gasteiger partial charge in [0.15, 0.2) is 0 Å². The van der Waals surface area contributed by atoms with E-state index in [2.05, 4.69) is 65.8 Å². The van der Waals surface area contributed by atoms with Crippen LogP contribution < -0.4 is 41.8 Å². The minimum atomic E-state index is -4.83. The molecule has 4 aromatic rings. The first-order valence-corrected chi connectivity index (χ1v) is 23.9. The number of para-hydroxylation sites is 2. The van der Waals surface area contributed by atoms with Crippen molar-refractivity contribution in [2.75, 3.05) is 60.5 Å². The number of benzene rings is 2. The van der Waals surface area contributed by atoms with Gasteiger partial charge in [0.1, 0.15) is 23.9 Å². The highest BCUT2D eigenvalue weighted by Gasteiger charge is 2.37. The fraction of sp³-hybridized carbons (Fsp3) is 0.553. The molecule has 74 heavy (non-hydrogen) atoms. The lowest BCUT2D eigenvalue weighted by molar-refractivity contribution is -0.384. The van der Waals surface area contributed by atoms with Crippen LogP contribution in [0.15, 0.2) is 60.9 Å². The molecule has 0 unspecified atom stereocenters. The minimum absolute atomic E-state index is 0. The molecule has 4 aliphatic rings. The first-order valence-electron chi connectivity index (χ1n) is 23.9. The van der Waals surface area contributed by atoms with Gasteiger partial charge < -0.3 is 41.8 Å². The van der Waals surface area contributed by atoms with Crippen molar-refractivity contribution in [3.8, 4) is 11.5 Å². The van der Waals surface area contributed by atoms with E-state index in [4.69, 9.17) is 5.73 Å². The maximum atomic E-state index is 12.7. The second kappa shape index (κ2) is 25.4. The fourth-order valence-electron chi connectivity index (χ4n) is 9.49. The first-order chi connectivity index (χ1) is 34.7. The molecule has 2 aliphatic carbocycles. The minimum Gasteiger partial charge on any atom is -0.405 e.